The first-order valence-electron chi connectivity index (χ1n) is 8.44. The highest BCUT2D eigenvalue weighted by atomic mass is 35.5. The van der Waals surface area contributed by atoms with Crippen LogP contribution >= 0.6 is 11.6 Å². The van der Waals surface area contributed by atoms with Gasteiger partial charge in [0.15, 0.2) is 0 Å². The molecule has 0 aromatic heterocycles. The molecule has 1 aliphatic heterocycles. The quantitative estimate of drug-likeness (QED) is 0.865. The summed E-state index contributed by atoms with van der Waals surface area (Å²) < 4.78 is 26.4. The number of carbonyl (C=O) groups excluding carboxylic acids is 1. The van der Waals surface area contributed by atoms with Crippen molar-refractivity contribution in [1.29, 1.82) is 0 Å². The zero-order valence-electron chi connectivity index (χ0n) is 14.7. The Balaban J connectivity index is 1.97. The molecule has 1 unspecified atom stereocenters. The highest BCUT2D eigenvalue weighted by Crippen LogP contribution is 2.34. The molecule has 1 aliphatic rings. The maximum atomic E-state index is 13.1. The number of benzene rings is 2. The zero-order valence-corrected chi connectivity index (χ0v) is 16.3. The van der Waals surface area contributed by atoms with Gasteiger partial charge >= 0.3 is 0 Å². The molecular formula is C19H21ClN2O3S. The van der Waals surface area contributed by atoms with Crippen molar-refractivity contribution in [2.24, 2.45) is 0 Å². The van der Waals surface area contributed by atoms with E-state index in [1.54, 1.807) is 4.90 Å². The van der Waals surface area contributed by atoms with Crippen LogP contribution in [0.1, 0.15) is 40.4 Å². The number of amides is 1. The van der Waals surface area contributed by atoms with E-state index in [0.717, 1.165) is 24.0 Å². The van der Waals surface area contributed by atoms with Crippen LogP contribution < -0.4 is 4.72 Å². The Kier molecular flexibility index (Phi) is 5.37. The highest BCUT2D eigenvalue weighted by molar-refractivity contribution is 7.89. The molecule has 2 aromatic rings. The molecule has 0 bridgehead atoms. The number of likely N-dealkylation sites (tertiary alicyclic amines) is 1. The van der Waals surface area contributed by atoms with Crippen LogP contribution in [0.25, 0.3) is 0 Å². The molecule has 138 valence electrons. The Hall–Kier alpha value is -1.89. The largest absolute Gasteiger partial charge is 0.332 e. The number of nitrogens with one attached hydrogen (secondary N) is 1. The molecule has 0 radical (unpaired) electrons. The summed E-state index contributed by atoms with van der Waals surface area (Å²) in [6, 6.07) is 12.3. The Morgan fingerprint density at radius 2 is 2.00 bits per heavy atom. The maximum absolute atomic E-state index is 13.1. The van der Waals surface area contributed by atoms with Crippen LogP contribution in [-0.4, -0.2) is 32.8 Å². The molecule has 1 N–H and O–H groups in total. The van der Waals surface area contributed by atoms with Gasteiger partial charge in [-0.25, -0.2) is 13.1 Å². The van der Waals surface area contributed by atoms with Gasteiger partial charge in [0.05, 0.1) is 21.5 Å². The number of sulfonamides is 1. The molecule has 5 nitrogen and oxygen atoms in total. The SMILES string of the molecule is CNS(=O)(=O)c1ccc(Cl)c(C(=O)N2CCCC2c2cccc(C)c2)c1. The first-order valence-corrected chi connectivity index (χ1v) is 10.3. The van der Waals surface area contributed by atoms with Crippen LogP contribution in [0.3, 0.4) is 0 Å². The van der Waals surface area contributed by atoms with Crippen LogP contribution in [0, 0.1) is 6.92 Å². The van der Waals surface area contributed by atoms with E-state index in [0.29, 0.717) is 6.54 Å². The minimum absolute atomic E-state index is 0.0250. The number of aryl methyl sites for hydroxylation is 1. The Morgan fingerprint density at radius 1 is 1.23 bits per heavy atom. The predicted octanol–water partition coefficient (Wildman–Crippen LogP) is 3.53. The summed E-state index contributed by atoms with van der Waals surface area (Å²) in [6.45, 7) is 2.64. The second kappa shape index (κ2) is 7.39. The summed E-state index contributed by atoms with van der Waals surface area (Å²) in [7, 11) is -2.31. The van der Waals surface area contributed by atoms with Crippen molar-refractivity contribution < 1.29 is 13.2 Å². The lowest BCUT2D eigenvalue weighted by Crippen LogP contribution is -2.31. The van der Waals surface area contributed by atoms with Crippen LogP contribution in [0.15, 0.2) is 47.4 Å². The van der Waals surface area contributed by atoms with Crippen LogP contribution in [0.4, 0.5) is 0 Å². The van der Waals surface area contributed by atoms with Crippen molar-refractivity contribution in [2.75, 3.05) is 13.6 Å². The van der Waals surface area contributed by atoms with Gasteiger partial charge in [-0.2, -0.15) is 0 Å². The average Bonchev–Trinajstić information content (AvgIpc) is 3.11. The fourth-order valence-corrected chi connectivity index (χ4v) is 4.30. The van der Waals surface area contributed by atoms with Crippen LogP contribution in [-0.2, 0) is 10.0 Å². The van der Waals surface area contributed by atoms with Gasteiger partial charge in [-0.15, -0.1) is 0 Å². The van der Waals surface area contributed by atoms with Crippen molar-refractivity contribution >= 4 is 27.5 Å². The number of carbonyl (C=O) groups is 1. The second-order valence-electron chi connectivity index (χ2n) is 6.42. The topological polar surface area (TPSA) is 66.5 Å². The molecule has 0 spiro atoms. The van der Waals surface area contributed by atoms with Crippen molar-refractivity contribution in [3.05, 3.63) is 64.2 Å². The minimum Gasteiger partial charge on any atom is -0.332 e. The molecule has 3 rings (SSSR count). The molecule has 7 heteroatoms. The number of hydrogen-bond acceptors (Lipinski definition) is 3. The molecule has 1 atom stereocenters. The molecular weight excluding hydrogens is 372 g/mol. The first-order chi connectivity index (χ1) is 12.3. The van der Waals surface area contributed by atoms with Crippen molar-refractivity contribution in [1.82, 2.24) is 9.62 Å². The van der Waals surface area contributed by atoms with E-state index >= 15 is 0 Å². The third kappa shape index (κ3) is 3.63. The van der Waals surface area contributed by atoms with Gasteiger partial charge in [-0.1, -0.05) is 41.4 Å². The third-order valence-electron chi connectivity index (χ3n) is 4.69. The predicted molar refractivity (Wildman–Crippen MR) is 102 cm³/mol. The normalized spacial score (nSPS) is 17.5. The summed E-state index contributed by atoms with van der Waals surface area (Å²) in [4.78, 5) is 14.9. The average molecular weight is 393 g/mol. The van der Waals surface area contributed by atoms with E-state index in [9.17, 15) is 13.2 Å². The maximum Gasteiger partial charge on any atom is 0.255 e. The molecule has 1 fully saturated rings. The van der Waals surface area contributed by atoms with E-state index in [4.69, 9.17) is 11.6 Å². The van der Waals surface area contributed by atoms with Gasteiger partial charge in [-0.3, -0.25) is 4.79 Å². The van der Waals surface area contributed by atoms with E-state index < -0.39 is 10.0 Å². The summed E-state index contributed by atoms with van der Waals surface area (Å²) >= 11 is 6.22. The third-order valence-corrected chi connectivity index (χ3v) is 6.43. The molecule has 1 saturated heterocycles. The zero-order chi connectivity index (χ0) is 18.9. The summed E-state index contributed by atoms with van der Waals surface area (Å²) in [5, 5.41) is 0.250. The van der Waals surface area contributed by atoms with Gasteiger partial charge in [0, 0.05) is 6.54 Å². The lowest BCUT2D eigenvalue weighted by atomic mass is 10.0. The number of rotatable bonds is 4. The van der Waals surface area contributed by atoms with Gasteiger partial charge in [0.1, 0.15) is 0 Å². The van der Waals surface area contributed by atoms with E-state index in [1.807, 2.05) is 25.1 Å². The standard InChI is InChI=1S/C19H21ClN2O3S/c1-13-5-3-6-14(11-13)18-7-4-10-22(18)19(23)16-12-15(8-9-17(16)20)26(24,25)21-2/h3,5-6,8-9,11-12,18,21H,4,7,10H2,1-2H3. The molecule has 26 heavy (non-hydrogen) atoms. The summed E-state index contributed by atoms with van der Waals surface area (Å²) in [6.07, 6.45) is 1.78. The second-order valence-corrected chi connectivity index (χ2v) is 8.71. The van der Waals surface area contributed by atoms with E-state index in [2.05, 4.69) is 10.8 Å². The smallest absolute Gasteiger partial charge is 0.255 e. The molecule has 1 amide bonds. The van der Waals surface area contributed by atoms with Gasteiger partial charge in [-0.05, 0) is 50.6 Å². The van der Waals surface area contributed by atoms with Crippen molar-refractivity contribution in [3.63, 3.8) is 0 Å². The Morgan fingerprint density at radius 3 is 2.69 bits per heavy atom. The molecule has 1 heterocycles. The molecule has 2 aromatic carbocycles. The fourth-order valence-electron chi connectivity index (χ4n) is 3.34. The number of hydrogen-bond donors (Lipinski definition) is 1. The monoisotopic (exact) mass is 392 g/mol. The summed E-state index contributed by atoms with van der Waals surface area (Å²) in [5.41, 5.74) is 2.44. The van der Waals surface area contributed by atoms with Crippen molar-refractivity contribution in [2.45, 2.75) is 30.7 Å². The number of nitrogens with zero attached hydrogens (tertiary/aromatic N) is 1. The highest BCUT2D eigenvalue weighted by Gasteiger charge is 2.32. The molecule has 0 saturated carbocycles. The Bertz CT molecular complexity index is 944. The Labute approximate surface area is 159 Å². The lowest BCUT2D eigenvalue weighted by Gasteiger charge is -2.26. The van der Waals surface area contributed by atoms with Gasteiger partial charge in [0.25, 0.3) is 5.91 Å². The van der Waals surface area contributed by atoms with E-state index in [-0.39, 0.29) is 27.4 Å². The lowest BCUT2D eigenvalue weighted by molar-refractivity contribution is 0.0735. The molecule has 0 aliphatic carbocycles. The number of halogens is 1. The van der Waals surface area contributed by atoms with E-state index in [1.165, 1.54) is 25.2 Å². The van der Waals surface area contributed by atoms with Crippen LogP contribution in [0.2, 0.25) is 5.02 Å². The summed E-state index contributed by atoms with van der Waals surface area (Å²) in [5.74, 6) is -0.243. The minimum atomic E-state index is -3.65. The first kappa shape index (κ1) is 18.9. The van der Waals surface area contributed by atoms with Crippen molar-refractivity contribution in [3.8, 4) is 0 Å². The van der Waals surface area contributed by atoms with Gasteiger partial charge in [0.2, 0.25) is 10.0 Å². The fraction of sp³-hybridized carbons (Fsp3) is 0.316. The van der Waals surface area contributed by atoms with Crippen LogP contribution in [0.5, 0.6) is 0 Å². The van der Waals surface area contributed by atoms with Gasteiger partial charge < -0.3 is 4.90 Å².